The van der Waals surface area contributed by atoms with Gasteiger partial charge in [-0.2, -0.15) is 0 Å². The molecule has 108 valence electrons. The van der Waals surface area contributed by atoms with Crippen LogP contribution < -0.4 is 5.32 Å². The molecule has 0 unspecified atom stereocenters. The van der Waals surface area contributed by atoms with Crippen molar-refractivity contribution in [3.8, 4) is 0 Å². The molecule has 0 aromatic rings. The van der Waals surface area contributed by atoms with Gasteiger partial charge in [-0.05, 0) is 43.9 Å². The lowest BCUT2D eigenvalue weighted by Gasteiger charge is -2.32. The first-order chi connectivity index (χ1) is 8.47. The van der Waals surface area contributed by atoms with Crippen molar-refractivity contribution in [1.29, 1.82) is 0 Å². The molecule has 3 nitrogen and oxygen atoms in total. The molecule has 0 aromatic heterocycles. The maximum Gasteiger partial charge on any atom is 0.150 e. The molecular weight excluding hydrogens is 246 g/mol. The summed E-state index contributed by atoms with van der Waals surface area (Å²) in [5.41, 5.74) is 0.170. The van der Waals surface area contributed by atoms with Crippen LogP contribution in [0, 0.1) is 5.41 Å². The fourth-order valence-electron chi connectivity index (χ4n) is 2.38. The Labute approximate surface area is 113 Å². The second-order valence-electron chi connectivity index (χ2n) is 5.76. The van der Waals surface area contributed by atoms with E-state index in [2.05, 4.69) is 19.2 Å². The lowest BCUT2D eigenvalue weighted by atomic mass is 9.79. The van der Waals surface area contributed by atoms with Gasteiger partial charge in [-0.1, -0.05) is 20.8 Å². The van der Waals surface area contributed by atoms with Gasteiger partial charge < -0.3 is 5.32 Å². The molecule has 1 fully saturated rings. The van der Waals surface area contributed by atoms with Crippen molar-refractivity contribution >= 4 is 9.84 Å². The van der Waals surface area contributed by atoms with Crippen molar-refractivity contribution in [3.05, 3.63) is 0 Å². The van der Waals surface area contributed by atoms with E-state index < -0.39 is 9.84 Å². The van der Waals surface area contributed by atoms with Gasteiger partial charge in [-0.25, -0.2) is 8.42 Å². The van der Waals surface area contributed by atoms with Crippen LogP contribution >= 0.6 is 0 Å². The van der Waals surface area contributed by atoms with Crippen LogP contribution in [0.2, 0.25) is 0 Å². The van der Waals surface area contributed by atoms with Gasteiger partial charge in [0.2, 0.25) is 0 Å². The van der Waals surface area contributed by atoms with Crippen LogP contribution in [-0.4, -0.2) is 32.5 Å². The van der Waals surface area contributed by atoms with Crippen molar-refractivity contribution in [1.82, 2.24) is 5.32 Å². The van der Waals surface area contributed by atoms with Gasteiger partial charge in [0.15, 0.2) is 0 Å². The van der Waals surface area contributed by atoms with E-state index in [0.717, 1.165) is 32.2 Å². The van der Waals surface area contributed by atoms with E-state index in [9.17, 15) is 8.42 Å². The summed E-state index contributed by atoms with van der Waals surface area (Å²) in [4.78, 5) is 0. The topological polar surface area (TPSA) is 46.2 Å². The molecule has 0 amide bonds. The van der Waals surface area contributed by atoms with Crippen molar-refractivity contribution < 1.29 is 8.42 Å². The minimum atomic E-state index is -2.84. The molecule has 0 aromatic carbocycles. The number of rotatable bonds is 10. The lowest BCUT2D eigenvalue weighted by molar-refractivity contribution is 0.238. The Morgan fingerprint density at radius 3 is 2.17 bits per heavy atom. The average Bonchev–Trinajstić information content (AvgIpc) is 3.14. The van der Waals surface area contributed by atoms with E-state index in [4.69, 9.17) is 0 Å². The highest BCUT2D eigenvalue weighted by molar-refractivity contribution is 7.91. The van der Waals surface area contributed by atoms with Crippen LogP contribution in [0.5, 0.6) is 0 Å². The molecule has 1 aliphatic rings. The Morgan fingerprint density at radius 2 is 1.72 bits per heavy atom. The van der Waals surface area contributed by atoms with Gasteiger partial charge in [0.25, 0.3) is 0 Å². The molecule has 1 rings (SSSR count). The zero-order chi connectivity index (χ0) is 13.6. The van der Waals surface area contributed by atoms with Crippen molar-refractivity contribution in [3.63, 3.8) is 0 Å². The third-order valence-electron chi connectivity index (χ3n) is 4.30. The number of sulfone groups is 1. The van der Waals surface area contributed by atoms with Gasteiger partial charge in [0.05, 0.1) is 5.75 Å². The van der Waals surface area contributed by atoms with Gasteiger partial charge in [0, 0.05) is 18.3 Å². The van der Waals surface area contributed by atoms with Gasteiger partial charge >= 0.3 is 0 Å². The first-order valence-electron chi connectivity index (χ1n) is 7.40. The Morgan fingerprint density at radius 1 is 1.11 bits per heavy atom. The predicted molar refractivity (Wildman–Crippen MR) is 77.6 cm³/mol. The minimum absolute atomic E-state index is 0.170. The van der Waals surface area contributed by atoms with E-state index >= 15 is 0 Å². The summed E-state index contributed by atoms with van der Waals surface area (Å²) >= 11 is 0. The van der Waals surface area contributed by atoms with Crippen LogP contribution in [0.4, 0.5) is 0 Å². The largest absolute Gasteiger partial charge is 0.313 e. The second kappa shape index (κ2) is 6.90. The van der Waals surface area contributed by atoms with E-state index in [1.165, 1.54) is 12.8 Å². The van der Waals surface area contributed by atoms with Crippen LogP contribution in [0.3, 0.4) is 0 Å². The predicted octanol–water partition coefficient (Wildman–Crippen LogP) is 2.76. The summed E-state index contributed by atoms with van der Waals surface area (Å²) in [7, 11) is -2.84. The molecule has 4 heteroatoms. The first-order valence-corrected chi connectivity index (χ1v) is 9.23. The molecule has 1 N–H and O–H groups in total. The normalized spacial score (nSPS) is 17.1. The molecular formula is C14H29NO2S. The van der Waals surface area contributed by atoms with E-state index in [0.29, 0.717) is 17.5 Å². The molecule has 0 aliphatic heterocycles. The Balaban J connectivity index is 2.49. The highest BCUT2D eigenvalue weighted by Crippen LogP contribution is 2.32. The number of hydrogen-bond acceptors (Lipinski definition) is 3. The first kappa shape index (κ1) is 16.0. The summed E-state index contributed by atoms with van der Waals surface area (Å²) in [5.74, 6) is 0.696. The summed E-state index contributed by atoms with van der Waals surface area (Å²) in [6.45, 7) is 7.28. The maximum atomic E-state index is 11.8. The molecule has 0 bridgehead atoms. The van der Waals surface area contributed by atoms with Gasteiger partial charge in [-0.15, -0.1) is 0 Å². The van der Waals surface area contributed by atoms with Crippen molar-refractivity contribution in [2.24, 2.45) is 5.41 Å². The van der Waals surface area contributed by atoms with E-state index in [-0.39, 0.29) is 5.41 Å². The van der Waals surface area contributed by atoms with Crippen LogP contribution in [0.15, 0.2) is 0 Å². The molecule has 0 spiro atoms. The molecule has 1 saturated carbocycles. The summed E-state index contributed by atoms with van der Waals surface area (Å²) in [6.07, 6.45) is 6.24. The number of nitrogens with one attached hydrogen (secondary N) is 1. The van der Waals surface area contributed by atoms with Crippen molar-refractivity contribution in [2.75, 3.05) is 18.1 Å². The van der Waals surface area contributed by atoms with Crippen LogP contribution in [-0.2, 0) is 9.84 Å². The Bertz CT molecular complexity index is 330. The second-order valence-corrected chi connectivity index (χ2v) is 8.07. The zero-order valence-electron chi connectivity index (χ0n) is 12.2. The van der Waals surface area contributed by atoms with E-state index in [1.807, 2.05) is 6.92 Å². The Kier molecular flexibility index (Phi) is 6.12. The Hall–Kier alpha value is -0.0900. The molecule has 0 saturated heterocycles. The fourth-order valence-corrected chi connectivity index (χ4v) is 3.95. The van der Waals surface area contributed by atoms with Crippen molar-refractivity contribution in [2.45, 2.75) is 65.3 Å². The molecule has 18 heavy (non-hydrogen) atoms. The third-order valence-corrected chi connectivity index (χ3v) is 6.16. The van der Waals surface area contributed by atoms with Crippen LogP contribution in [0.25, 0.3) is 0 Å². The fraction of sp³-hybridized carbons (Fsp3) is 1.00. The zero-order valence-corrected chi connectivity index (χ0v) is 13.0. The summed E-state index contributed by atoms with van der Waals surface area (Å²) in [5, 5.41) is 3.57. The summed E-state index contributed by atoms with van der Waals surface area (Å²) in [6, 6.07) is 0.703. The quantitative estimate of drug-likeness (QED) is 0.667. The third kappa shape index (κ3) is 5.27. The monoisotopic (exact) mass is 275 g/mol. The van der Waals surface area contributed by atoms with Crippen LogP contribution in [0.1, 0.15) is 59.3 Å². The van der Waals surface area contributed by atoms with E-state index in [1.54, 1.807) is 0 Å². The maximum absolute atomic E-state index is 11.8. The smallest absolute Gasteiger partial charge is 0.150 e. The highest BCUT2D eigenvalue weighted by atomic mass is 32.2. The molecule has 0 atom stereocenters. The highest BCUT2D eigenvalue weighted by Gasteiger charge is 2.30. The standard InChI is InChI=1S/C14H29NO2S/c1-4-10-18(16,17)11-9-14(5-2,6-3)12-15-13-7-8-13/h13,15H,4-12H2,1-3H3. The molecule has 0 heterocycles. The SMILES string of the molecule is CCCS(=O)(=O)CCC(CC)(CC)CNC1CC1. The molecule has 0 radical (unpaired) electrons. The van der Waals surface area contributed by atoms with Gasteiger partial charge in [-0.3, -0.25) is 0 Å². The average molecular weight is 275 g/mol. The molecule has 1 aliphatic carbocycles. The lowest BCUT2D eigenvalue weighted by Crippen LogP contribution is -2.36. The van der Waals surface area contributed by atoms with Gasteiger partial charge in [0.1, 0.15) is 9.84 Å². The minimum Gasteiger partial charge on any atom is -0.313 e. The summed E-state index contributed by atoms with van der Waals surface area (Å²) < 4.78 is 23.7. The number of hydrogen-bond donors (Lipinski definition) is 1.